The van der Waals surface area contributed by atoms with Crippen LogP contribution in [0.25, 0.3) is 0 Å². The number of Topliss-reactive ketones (excluding diaryl/α,β-unsaturated/α-hetero) is 1. The normalized spacial score (nSPS) is 17.2. The van der Waals surface area contributed by atoms with Gasteiger partial charge in [0.2, 0.25) is 0 Å². The molecule has 3 rings (SSSR count). The van der Waals surface area contributed by atoms with E-state index in [1.807, 2.05) is 0 Å². The average Bonchev–Trinajstić information content (AvgIpc) is 2.92. The highest BCUT2D eigenvalue weighted by Crippen LogP contribution is 2.42. The Kier molecular flexibility index (Phi) is 5.08. The summed E-state index contributed by atoms with van der Waals surface area (Å²) in [5, 5.41) is 10.3. The van der Waals surface area contributed by atoms with Crippen molar-refractivity contribution in [2.45, 2.75) is 25.7 Å². The number of amides is 1. The molecule has 146 valence electrons. The summed E-state index contributed by atoms with van der Waals surface area (Å²) in [4.78, 5) is 30.1. The molecule has 1 aliphatic heterocycles. The molecule has 1 aliphatic rings. The van der Waals surface area contributed by atoms with Gasteiger partial charge in [0.1, 0.15) is 5.75 Å². The van der Waals surface area contributed by atoms with Crippen LogP contribution in [0.4, 0.5) is 18.9 Å². The molecule has 0 spiro atoms. The molecule has 0 saturated carbocycles. The molecule has 0 bridgehead atoms. The molecule has 1 atom stereocenters. The third kappa shape index (κ3) is 3.68. The van der Waals surface area contributed by atoms with Crippen LogP contribution >= 0.6 is 0 Å². The predicted octanol–water partition coefficient (Wildman–Crippen LogP) is 3.86. The molecule has 28 heavy (non-hydrogen) atoms. The summed E-state index contributed by atoms with van der Waals surface area (Å²) < 4.78 is 41.5. The third-order valence-corrected chi connectivity index (χ3v) is 4.16. The van der Waals surface area contributed by atoms with Crippen molar-refractivity contribution in [3.8, 4) is 5.75 Å². The first-order valence-corrected chi connectivity index (χ1v) is 8.28. The second-order valence-electron chi connectivity index (χ2n) is 5.95. The number of aromatic nitrogens is 1. The van der Waals surface area contributed by atoms with E-state index in [0.29, 0.717) is 5.56 Å². The van der Waals surface area contributed by atoms with Gasteiger partial charge >= 0.3 is 6.36 Å². The summed E-state index contributed by atoms with van der Waals surface area (Å²) in [5.41, 5.74) is 0.340. The molecule has 0 aliphatic carbocycles. The Morgan fingerprint density at radius 2 is 2.04 bits per heavy atom. The highest BCUT2D eigenvalue weighted by Gasteiger charge is 2.44. The molecule has 1 amide bonds. The van der Waals surface area contributed by atoms with Gasteiger partial charge in [0, 0.05) is 30.6 Å². The maximum absolute atomic E-state index is 12.7. The van der Waals surface area contributed by atoms with E-state index in [1.165, 1.54) is 24.5 Å². The number of benzene rings is 1. The maximum Gasteiger partial charge on any atom is 0.573 e. The summed E-state index contributed by atoms with van der Waals surface area (Å²) in [5.74, 6) is -2.61. The number of aliphatic hydroxyl groups is 1. The topological polar surface area (TPSA) is 79.7 Å². The Hall–Kier alpha value is -3.36. The quantitative estimate of drug-likeness (QED) is 0.836. The lowest BCUT2D eigenvalue weighted by molar-refractivity contribution is -0.274. The number of halogens is 3. The fourth-order valence-corrected chi connectivity index (χ4v) is 3.03. The largest absolute Gasteiger partial charge is 0.573 e. The molecule has 9 heteroatoms. The van der Waals surface area contributed by atoms with Gasteiger partial charge in [-0.05, 0) is 23.8 Å². The lowest BCUT2D eigenvalue weighted by Gasteiger charge is -2.27. The summed E-state index contributed by atoms with van der Waals surface area (Å²) in [7, 11) is 0. The molecule has 1 unspecified atom stereocenters. The summed E-state index contributed by atoms with van der Waals surface area (Å²) >= 11 is 0. The number of hydrogen-bond donors (Lipinski definition) is 1. The zero-order chi connectivity index (χ0) is 20.5. The van der Waals surface area contributed by atoms with Crippen LogP contribution in [-0.2, 0) is 9.59 Å². The first-order chi connectivity index (χ1) is 13.2. The minimum absolute atomic E-state index is 0.0334. The Morgan fingerprint density at radius 3 is 2.64 bits per heavy atom. The summed E-state index contributed by atoms with van der Waals surface area (Å²) in [6.07, 6.45) is -1.95. The molecular formula is C19H15F3N2O4. The number of rotatable bonds is 5. The van der Waals surface area contributed by atoms with Crippen molar-refractivity contribution >= 4 is 17.4 Å². The highest BCUT2D eigenvalue weighted by molar-refractivity contribution is 6.16. The van der Waals surface area contributed by atoms with Crippen LogP contribution in [-0.4, -0.2) is 28.1 Å². The molecular weight excluding hydrogens is 377 g/mol. The molecule has 1 N–H and O–H groups in total. The molecule has 0 saturated heterocycles. The van der Waals surface area contributed by atoms with E-state index in [4.69, 9.17) is 0 Å². The number of carbonyl (C=O) groups is 2. The van der Waals surface area contributed by atoms with Crippen LogP contribution in [0.2, 0.25) is 0 Å². The Labute approximate surface area is 157 Å². The third-order valence-electron chi connectivity index (χ3n) is 4.16. The lowest BCUT2D eigenvalue weighted by atomic mass is 9.96. The summed E-state index contributed by atoms with van der Waals surface area (Å²) in [6.45, 7) is 1.58. The van der Waals surface area contributed by atoms with Crippen molar-refractivity contribution in [1.82, 2.24) is 4.98 Å². The van der Waals surface area contributed by atoms with E-state index in [9.17, 15) is 27.9 Å². The van der Waals surface area contributed by atoms with Gasteiger partial charge in [-0.2, -0.15) is 0 Å². The Morgan fingerprint density at radius 1 is 1.29 bits per heavy atom. The van der Waals surface area contributed by atoms with Gasteiger partial charge in [-0.3, -0.25) is 19.5 Å². The van der Waals surface area contributed by atoms with Crippen LogP contribution in [0.3, 0.4) is 0 Å². The second kappa shape index (κ2) is 7.34. The first kappa shape index (κ1) is 19.4. The van der Waals surface area contributed by atoms with Crippen molar-refractivity contribution in [3.63, 3.8) is 0 Å². The fraction of sp³-hybridized carbons (Fsp3) is 0.211. The van der Waals surface area contributed by atoms with Crippen LogP contribution in [0, 0.1) is 0 Å². The molecule has 2 heterocycles. The van der Waals surface area contributed by atoms with Gasteiger partial charge in [0.25, 0.3) is 5.91 Å². The van der Waals surface area contributed by atoms with Gasteiger partial charge in [0.05, 0.1) is 11.6 Å². The number of ether oxygens (including phenoxy) is 1. The Balaban J connectivity index is 2.11. The van der Waals surface area contributed by atoms with Crippen LogP contribution in [0.5, 0.6) is 5.75 Å². The van der Waals surface area contributed by atoms with E-state index >= 15 is 0 Å². The van der Waals surface area contributed by atoms with Crippen LogP contribution < -0.4 is 9.64 Å². The molecule has 2 aromatic rings. The first-order valence-electron chi connectivity index (χ1n) is 8.28. The van der Waals surface area contributed by atoms with Crippen LogP contribution in [0.1, 0.15) is 24.9 Å². The molecule has 1 aromatic carbocycles. The molecule has 1 aromatic heterocycles. The van der Waals surface area contributed by atoms with E-state index in [0.717, 1.165) is 17.0 Å². The van der Waals surface area contributed by atoms with E-state index < -0.39 is 35.6 Å². The van der Waals surface area contributed by atoms with Crippen LogP contribution in [0.15, 0.2) is 60.1 Å². The van der Waals surface area contributed by atoms with Gasteiger partial charge in [0.15, 0.2) is 11.5 Å². The monoisotopic (exact) mass is 392 g/mol. The van der Waals surface area contributed by atoms with Crippen molar-refractivity contribution in [1.29, 1.82) is 0 Å². The van der Waals surface area contributed by atoms with Gasteiger partial charge in [-0.1, -0.05) is 19.1 Å². The van der Waals surface area contributed by atoms with Gasteiger partial charge in [-0.15, -0.1) is 13.2 Å². The zero-order valence-corrected chi connectivity index (χ0v) is 14.6. The SMILES string of the molecule is CCC(=O)C1=C(O)C(=O)N(c2cccc(OC(F)(F)F)c2)C1c1cccnc1. The molecule has 0 radical (unpaired) electrons. The lowest BCUT2D eigenvalue weighted by Crippen LogP contribution is -2.31. The molecule has 0 fully saturated rings. The summed E-state index contributed by atoms with van der Waals surface area (Å²) in [6, 6.07) is 6.94. The number of alkyl halides is 3. The predicted molar refractivity (Wildman–Crippen MR) is 92.5 cm³/mol. The number of ketones is 1. The number of aliphatic hydroxyl groups excluding tert-OH is 1. The molecule has 6 nitrogen and oxygen atoms in total. The average molecular weight is 392 g/mol. The highest BCUT2D eigenvalue weighted by atomic mass is 19.4. The van der Waals surface area contributed by atoms with Gasteiger partial charge < -0.3 is 9.84 Å². The fourth-order valence-electron chi connectivity index (χ4n) is 3.03. The van der Waals surface area contributed by atoms with E-state index in [-0.39, 0.29) is 17.7 Å². The number of carbonyl (C=O) groups excluding carboxylic acids is 2. The van der Waals surface area contributed by atoms with Crippen molar-refractivity contribution in [2.24, 2.45) is 0 Å². The van der Waals surface area contributed by atoms with E-state index in [2.05, 4.69) is 9.72 Å². The smallest absolute Gasteiger partial charge is 0.503 e. The maximum atomic E-state index is 12.7. The number of nitrogens with zero attached hydrogens (tertiary/aromatic N) is 2. The van der Waals surface area contributed by atoms with Crippen molar-refractivity contribution in [2.75, 3.05) is 4.90 Å². The standard InChI is InChI=1S/C19H15F3N2O4/c1-2-14(25)15-16(11-5-4-8-23-10-11)24(18(27)17(15)26)12-6-3-7-13(9-12)28-19(20,21)22/h3-10,16,26H,2H2,1H3. The van der Waals surface area contributed by atoms with E-state index in [1.54, 1.807) is 19.1 Å². The minimum atomic E-state index is -4.90. The number of hydrogen-bond acceptors (Lipinski definition) is 5. The Bertz CT molecular complexity index is 942. The van der Waals surface area contributed by atoms with Crippen molar-refractivity contribution < 1.29 is 32.6 Å². The second-order valence-corrected chi connectivity index (χ2v) is 5.95. The zero-order valence-electron chi connectivity index (χ0n) is 14.6. The van der Waals surface area contributed by atoms with Crippen molar-refractivity contribution in [3.05, 3.63) is 65.7 Å². The minimum Gasteiger partial charge on any atom is -0.503 e. The number of anilines is 1. The van der Waals surface area contributed by atoms with Gasteiger partial charge in [-0.25, -0.2) is 0 Å². The number of pyridine rings is 1.